The summed E-state index contributed by atoms with van der Waals surface area (Å²) in [6.45, 7) is 7.19. The lowest BCUT2D eigenvalue weighted by Crippen LogP contribution is -2.18. The van der Waals surface area contributed by atoms with Gasteiger partial charge in [-0.25, -0.2) is 4.79 Å². The molecule has 0 radical (unpaired) electrons. The number of ether oxygens (including phenoxy) is 1. The number of hydrogen-bond donors (Lipinski definition) is 0. The number of aliphatic carboxylic acids is 1. The molecule has 4 heteroatoms. The molecule has 2 aromatic carbocycles. The summed E-state index contributed by atoms with van der Waals surface area (Å²) >= 11 is 0. The summed E-state index contributed by atoms with van der Waals surface area (Å²) in [6, 6.07) is 13.1. The molecule has 0 aromatic heterocycles. The quantitative estimate of drug-likeness (QED) is 0.462. The first-order valence-electron chi connectivity index (χ1n) is 7.92. The van der Waals surface area contributed by atoms with Crippen LogP contribution in [0, 0.1) is 0 Å². The maximum absolute atomic E-state index is 12.1. The van der Waals surface area contributed by atoms with Gasteiger partial charge in [0.25, 0.3) is 0 Å². The fourth-order valence-electron chi connectivity index (χ4n) is 2.44. The fraction of sp³-hybridized carbons (Fsp3) is 0.143. The van der Waals surface area contributed by atoms with Gasteiger partial charge in [0.05, 0.1) is 5.97 Å². The van der Waals surface area contributed by atoms with Crippen molar-refractivity contribution in [2.75, 3.05) is 0 Å². The highest BCUT2D eigenvalue weighted by molar-refractivity contribution is 5.92. The maximum Gasteiger partial charge on any atom is 0.338 e. The van der Waals surface area contributed by atoms with E-state index in [4.69, 9.17) is 4.74 Å². The van der Waals surface area contributed by atoms with Crippen LogP contribution in [0.1, 0.15) is 25.0 Å². The van der Waals surface area contributed by atoms with Crippen molar-refractivity contribution in [2.45, 2.75) is 20.3 Å². The van der Waals surface area contributed by atoms with Crippen LogP contribution in [-0.2, 0) is 16.0 Å². The van der Waals surface area contributed by atoms with Crippen molar-refractivity contribution < 1.29 is 19.4 Å². The molecule has 0 N–H and O–H groups in total. The van der Waals surface area contributed by atoms with Crippen LogP contribution in [0.2, 0.25) is 0 Å². The predicted octanol–water partition coefficient (Wildman–Crippen LogP) is 3.16. The predicted molar refractivity (Wildman–Crippen MR) is 95.7 cm³/mol. The number of benzene rings is 2. The Morgan fingerprint density at radius 1 is 1.12 bits per heavy atom. The van der Waals surface area contributed by atoms with Gasteiger partial charge in [-0.05, 0) is 36.6 Å². The third kappa shape index (κ3) is 4.44. The highest BCUT2D eigenvalue weighted by Crippen LogP contribution is 2.36. The smallest absolute Gasteiger partial charge is 0.338 e. The summed E-state index contributed by atoms with van der Waals surface area (Å²) in [7, 11) is 0. The number of rotatable bonds is 6. The zero-order valence-electron chi connectivity index (χ0n) is 14.2. The van der Waals surface area contributed by atoms with Crippen molar-refractivity contribution >= 4 is 18.0 Å². The zero-order chi connectivity index (χ0) is 18.4. The fourth-order valence-corrected chi connectivity index (χ4v) is 2.44. The van der Waals surface area contributed by atoms with Gasteiger partial charge in [-0.1, -0.05) is 56.0 Å². The van der Waals surface area contributed by atoms with E-state index in [-0.39, 0.29) is 5.57 Å². The number of hydrogen-bond acceptors (Lipinski definition) is 4. The third-order valence-electron chi connectivity index (χ3n) is 3.68. The minimum atomic E-state index is -1.32. The number of carbonyl (C=O) groups excluding carboxylic acids is 2. The van der Waals surface area contributed by atoms with Crippen LogP contribution in [0.3, 0.4) is 0 Å². The van der Waals surface area contributed by atoms with Crippen LogP contribution in [-0.4, -0.2) is 11.9 Å². The Bertz CT molecular complexity index is 847. The Hall–Kier alpha value is -3.14. The molecule has 128 valence electrons. The topological polar surface area (TPSA) is 66.4 Å². The Balaban J connectivity index is 2.66. The van der Waals surface area contributed by atoms with Crippen LogP contribution in [0.15, 0.2) is 60.7 Å². The van der Waals surface area contributed by atoms with E-state index in [2.05, 4.69) is 6.58 Å². The van der Waals surface area contributed by atoms with Crippen molar-refractivity contribution in [2.24, 2.45) is 0 Å². The Morgan fingerprint density at radius 3 is 2.44 bits per heavy atom. The van der Waals surface area contributed by atoms with Gasteiger partial charge in [-0.2, -0.15) is 0 Å². The molecule has 0 atom stereocenters. The van der Waals surface area contributed by atoms with Crippen LogP contribution in [0.5, 0.6) is 5.75 Å². The minimum absolute atomic E-state index is 0.258. The normalized spacial score (nSPS) is 10.6. The first-order chi connectivity index (χ1) is 11.9. The molecule has 0 spiro atoms. The second kappa shape index (κ2) is 8.11. The minimum Gasteiger partial charge on any atom is -0.545 e. The molecule has 0 saturated carbocycles. The molecule has 0 heterocycles. The van der Waals surface area contributed by atoms with Crippen molar-refractivity contribution in [1.29, 1.82) is 0 Å². The van der Waals surface area contributed by atoms with Gasteiger partial charge in [0.1, 0.15) is 5.75 Å². The first kappa shape index (κ1) is 18.2. The average molecular weight is 335 g/mol. The van der Waals surface area contributed by atoms with Crippen molar-refractivity contribution in [1.82, 2.24) is 0 Å². The number of carbonyl (C=O) groups is 2. The lowest BCUT2D eigenvalue weighted by molar-refractivity contribution is -0.297. The van der Waals surface area contributed by atoms with Crippen molar-refractivity contribution in [3.8, 4) is 16.9 Å². The van der Waals surface area contributed by atoms with Crippen molar-refractivity contribution in [3.63, 3.8) is 0 Å². The standard InChI is InChI=1S/C21H20O4/c1-4-15-8-5-6-10-17(15)18-11-7-9-16(12-13-19(22)23)20(18)25-21(24)14(2)3/h5-13H,2,4H2,1,3H3,(H,22,23)/p-1/b13-12+. The molecular weight excluding hydrogens is 316 g/mol. The second-order valence-corrected chi connectivity index (χ2v) is 5.56. The Morgan fingerprint density at radius 2 is 1.80 bits per heavy atom. The average Bonchev–Trinajstić information content (AvgIpc) is 2.60. The van der Waals surface area contributed by atoms with Gasteiger partial charge in [-0.15, -0.1) is 0 Å². The second-order valence-electron chi connectivity index (χ2n) is 5.56. The third-order valence-corrected chi connectivity index (χ3v) is 3.68. The highest BCUT2D eigenvalue weighted by Gasteiger charge is 2.16. The van der Waals surface area contributed by atoms with E-state index in [9.17, 15) is 14.7 Å². The van der Waals surface area contributed by atoms with Crippen LogP contribution >= 0.6 is 0 Å². The zero-order valence-corrected chi connectivity index (χ0v) is 14.2. The van der Waals surface area contributed by atoms with Gasteiger partial charge in [0.15, 0.2) is 0 Å². The number of aryl methyl sites for hydroxylation is 1. The molecule has 0 fully saturated rings. The van der Waals surface area contributed by atoms with Gasteiger partial charge < -0.3 is 14.6 Å². The summed E-state index contributed by atoms with van der Waals surface area (Å²) in [6.07, 6.45) is 3.07. The molecule has 2 rings (SSSR count). The Kier molecular flexibility index (Phi) is 5.90. The molecule has 0 bridgehead atoms. The first-order valence-corrected chi connectivity index (χ1v) is 7.92. The number of esters is 1. The van der Waals surface area contributed by atoms with Gasteiger partial charge in [0, 0.05) is 16.7 Å². The molecule has 25 heavy (non-hydrogen) atoms. The molecule has 0 saturated heterocycles. The molecule has 4 nitrogen and oxygen atoms in total. The molecule has 0 aliphatic heterocycles. The SMILES string of the molecule is C=C(C)C(=O)Oc1c(/C=C/C(=O)[O-])cccc1-c1ccccc1CC. The van der Waals surface area contributed by atoms with Gasteiger partial charge in [0.2, 0.25) is 0 Å². The summed E-state index contributed by atoms with van der Waals surface area (Å²) in [5, 5.41) is 10.7. The van der Waals surface area contributed by atoms with E-state index in [1.807, 2.05) is 37.3 Å². The Labute approximate surface area is 147 Å². The van der Waals surface area contributed by atoms with E-state index in [0.29, 0.717) is 16.9 Å². The maximum atomic E-state index is 12.1. The summed E-state index contributed by atoms with van der Waals surface area (Å²) in [4.78, 5) is 22.8. The van der Waals surface area contributed by atoms with E-state index in [0.717, 1.165) is 23.6 Å². The van der Waals surface area contributed by atoms with Crippen molar-refractivity contribution in [3.05, 3.63) is 71.8 Å². The molecule has 2 aromatic rings. The molecule has 0 amide bonds. The van der Waals surface area contributed by atoms with Crippen LogP contribution in [0.4, 0.5) is 0 Å². The number of carboxylic acids is 1. The lowest BCUT2D eigenvalue weighted by atomic mass is 9.95. The molecule has 0 unspecified atom stereocenters. The highest BCUT2D eigenvalue weighted by atomic mass is 16.5. The van der Waals surface area contributed by atoms with Crippen LogP contribution < -0.4 is 9.84 Å². The number of para-hydroxylation sites is 1. The molecule has 0 aliphatic carbocycles. The van der Waals surface area contributed by atoms with Crippen LogP contribution in [0.25, 0.3) is 17.2 Å². The lowest BCUT2D eigenvalue weighted by Gasteiger charge is -2.15. The molecular formula is C21H19O4-. The summed E-state index contributed by atoms with van der Waals surface area (Å²) < 4.78 is 5.52. The van der Waals surface area contributed by atoms with Gasteiger partial charge in [-0.3, -0.25) is 0 Å². The largest absolute Gasteiger partial charge is 0.545 e. The van der Waals surface area contributed by atoms with E-state index < -0.39 is 11.9 Å². The summed E-state index contributed by atoms with van der Waals surface area (Å²) in [5.41, 5.74) is 3.47. The number of carboxylic acid groups (broad SMARTS) is 1. The molecule has 0 aliphatic rings. The monoisotopic (exact) mass is 335 g/mol. The van der Waals surface area contributed by atoms with E-state index in [1.165, 1.54) is 6.08 Å². The van der Waals surface area contributed by atoms with Gasteiger partial charge >= 0.3 is 5.97 Å². The summed E-state index contributed by atoms with van der Waals surface area (Å²) in [5.74, 6) is -1.59. The van der Waals surface area contributed by atoms with E-state index >= 15 is 0 Å². The van der Waals surface area contributed by atoms with E-state index in [1.54, 1.807) is 19.1 Å².